The molecule has 2 atom stereocenters. The van der Waals surface area contributed by atoms with E-state index in [1.807, 2.05) is 73.0 Å². The SMILES string of the molecule is Cc1ccc([C@@H](C(=O)NC[C@H]2CCCO2)N(Cc2cccs2)C(=O)Cn2nnc3ccccc32)cc1. The number of benzene rings is 2. The second-order valence-corrected chi connectivity index (χ2v) is 10.1. The third-order valence-corrected chi connectivity index (χ3v) is 7.27. The number of fused-ring (bicyclic) bond motifs is 1. The van der Waals surface area contributed by atoms with Crippen molar-refractivity contribution in [2.24, 2.45) is 0 Å². The van der Waals surface area contributed by atoms with E-state index in [1.54, 1.807) is 20.9 Å². The van der Waals surface area contributed by atoms with Gasteiger partial charge in [-0.15, -0.1) is 16.4 Å². The van der Waals surface area contributed by atoms with Crippen molar-refractivity contribution >= 4 is 34.2 Å². The Morgan fingerprint density at radius 1 is 1.17 bits per heavy atom. The average Bonchev–Trinajstić information content (AvgIpc) is 3.67. The monoisotopic (exact) mass is 503 g/mol. The summed E-state index contributed by atoms with van der Waals surface area (Å²) in [6.45, 7) is 3.44. The molecule has 0 bridgehead atoms. The number of nitrogens with one attached hydrogen (secondary N) is 1. The van der Waals surface area contributed by atoms with Crippen molar-refractivity contribution in [3.8, 4) is 0 Å². The molecular formula is C27H29N5O3S. The van der Waals surface area contributed by atoms with Gasteiger partial charge in [-0.1, -0.05) is 53.2 Å². The predicted molar refractivity (Wildman–Crippen MR) is 138 cm³/mol. The molecular weight excluding hydrogens is 474 g/mol. The molecule has 3 heterocycles. The summed E-state index contributed by atoms with van der Waals surface area (Å²) >= 11 is 1.56. The molecule has 186 valence electrons. The fraction of sp³-hybridized carbons (Fsp3) is 0.333. The molecule has 36 heavy (non-hydrogen) atoms. The van der Waals surface area contributed by atoms with Gasteiger partial charge in [0.2, 0.25) is 11.8 Å². The minimum Gasteiger partial charge on any atom is -0.376 e. The molecule has 8 nitrogen and oxygen atoms in total. The number of carbonyl (C=O) groups excluding carboxylic acids is 2. The number of aryl methyl sites for hydroxylation is 1. The molecule has 5 rings (SSSR count). The van der Waals surface area contributed by atoms with Crippen LogP contribution < -0.4 is 5.32 Å². The number of hydrogen-bond donors (Lipinski definition) is 1. The number of nitrogens with zero attached hydrogens (tertiary/aromatic N) is 4. The van der Waals surface area contributed by atoms with Gasteiger partial charge in [-0.25, -0.2) is 4.68 Å². The van der Waals surface area contributed by atoms with E-state index in [-0.39, 0.29) is 24.5 Å². The van der Waals surface area contributed by atoms with Gasteiger partial charge in [0.05, 0.1) is 18.2 Å². The lowest BCUT2D eigenvalue weighted by molar-refractivity contribution is -0.142. The standard InChI is InChI=1S/C27H29N5O3S/c1-19-10-12-20(13-11-19)26(27(34)28-16-21-6-4-14-35-21)31(17-22-7-5-15-36-22)25(33)18-32-24-9-3-2-8-23(24)29-30-32/h2-3,5,7-13,15,21,26H,4,6,14,16-18H2,1H3,(H,28,34)/t21-,26+/m1/s1. The van der Waals surface area contributed by atoms with E-state index < -0.39 is 6.04 Å². The van der Waals surface area contributed by atoms with Crippen LogP contribution >= 0.6 is 11.3 Å². The highest BCUT2D eigenvalue weighted by Gasteiger charge is 2.33. The van der Waals surface area contributed by atoms with E-state index in [2.05, 4.69) is 15.6 Å². The van der Waals surface area contributed by atoms with Crippen molar-refractivity contribution in [1.82, 2.24) is 25.2 Å². The highest BCUT2D eigenvalue weighted by molar-refractivity contribution is 7.09. The van der Waals surface area contributed by atoms with Crippen molar-refractivity contribution < 1.29 is 14.3 Å². The Kier molecular flexibility index (Phi) is 7.39. The first-order valence-electron chi connectivity index (χ1n) is 12.1. The van der Waals surface area contributed by atoms with Crippen LogP contribution in [0.1, 0.15) is 34.9 Å². The minimum atomic E-state index is -0.795. The lowest BCUT2D eigenvalue weighted by Crippen LogP contribution is -2.46. The molecule has 2 amide bonds. The third kappa shape index (κ3) is 5.47. The van der Waals surface area contributed by atoms with Crippen LogP contribution in [0.2, 0.25) is 0 Å². The van der Waals surface area contributed by atoms with Gasteiger partial charge >= 0.3 is 0 Å². The number of carbonyl (C=O) groups is 2. The Labute approximate surface area is 213 Å². The maximum Gasteiger partial charge on any atom is 0.247 e. The van der Waals surface area contributed by atoms with Crippen LogP contribution in [0.4, 0.5) is 0 Å². The number of thiophene rings is 1. The molecule has 1 saturated heterocycles. The molecule has 1 aliphatic rings. The van der Waals surface area contributed by atoms with Crippen LogP contribution in [-0.4, -0.2) is 51.0 Å². The third-order valence-electron chi connectivity index (χ3n) is 6.41. The van der Waals surface area contributed by atoms with Gasteiger partial charge in [0.1, 0.15) is 18.1 Å². The van der Waals surface area contributed by atoms with E-state index in [4.69, 9.17) is 4.74 Å². The van der Waals surface area contributed by atoms with Crippen molar-refractivity contribution in [3.05, 3.63) is 82.0 Å². The second kappa shape index (κ2) is 11.0. The van der Waals surface area contributed by atoms with E-state index >= 15 is 0 Å². The first-order chi connectivity index (χ1) is 17.6. The number of aromatic nitrogens is 3. The molecule has 0 unspecified atom stereocenters. The molecule has 2 aromatic heterocycles. The molecule has 9 heteroatoms. The van der Waals surface area contributed by atoms with Crippen molar-refractivity contribution in [2.45, 2.75) is 45.0 Å². The maximum absolute atomic E-state index is 13.9. The molecule has 1 aliphatic heterocycles. The van der Waals surface area contributed by atoms with Gasteiger partial charge in [-0.3, -0.25) is 9.59 Å². The summed E-state index contributed by atoms with van der Waals surface area (Å²) < 4.78 is 7.29. The van der Waals surface area contributed by atoms with Gasteiger partial charge in [0.15, 0.2) is 0 Å². The number of ether oxygens (including phenoxy) is 1. The van der Waals surface area contributed by atoms with Gasteiger partial charge in [-0.2, -0.15) is 0 Å². The summed E-state index contributed by atoms with van der Waals surface area (Å²) in [7, 11) is 0. The van der Waals surface area contributed by atoms with Crippen LogP contribution in [0, 0.1) is 6.92 Å². The smallest absolute Gasteiger partial charge is 0.247 e. The topological polar surface area (TPSA) is 89.4 Å². The van der Waals surface area contributed by atoms with Crippen LogP contribution in [-0.2, 0) is 27.4 Å². The number of para-hydroxylation sites is 1. The Morgan fingerprint density at radius 3 is 2.75 bits per heavy atom. The summed E-state index contributed by atoms with van der Waals surface area (Å²) in [5.41, 5.74) is 3.34. The molecule has 0 radical (unpaired) electrons. The van der Waals surface area contributed by atoms with E-state index in [9.17, 15) is 9.59 Å². The quantitative estimate of drug-likeness (QED) is 0.375. The summed E-state index contributed by atoms with van der Waals surface area (Å²) in [5.74, 6) is -0.431. The number of amides is 2. The fourth-order valence-electron chi connectivity index (χ4n) is 4.48. The minimum absolute atomic E-state index is 0.00979. The summed E-state index contributed by atoms with van der Waals surface area (Å²) in [6, 6.07) is 18.4. The lowest BCUT2D eigenvalue weighted by atomic mass is 10.0. The highest BCUT2D eigenvalue weighted by Crippen LogP contribution is 2.27. The average molecular weight is 504 g/mol. The first kappa shape index (κ1) is 24.1. The number of rotatable bonds is 9. The highest BCUT2D eigenvalue weighted by atomic mass is 32.1. The summed E-state index contributed by atoms with van der Waals surface area (Å²) in [6.07, 6.45) is 1.93. The van der Waals surface area contributed by atoms with Gasteiger partial charge in [0.25, 0.3) is 0 Å². The summed E-state index contributed by atoms with van der Waals surface area (Å²) in [5, 5.41) is 13.4. The Morgan fingerprint density at radius 2 is 2.00 bits per heavy atom. The van der Waals surface area contributed by atoms with Crippen LogP contribution in [0.15, 0.2) is 66.0 Å². The molecule has 0 saturated carbocycles. The second-order valence-electron chi connectivity index (χ2n) is 9.03. The van der Waals surface area contributed by atoms with Crippen molar-refractivity contribution in [3.63, 3.8) is 0 Å². The fourth-order valence-corrected chi connectivity index (χ4v) is 5.19. The van der Waals surface area contributed by atoms with Gasteiger partial charge < -0.3 is 15.0 Å². The molecule has 4 aromatic rings. The van der Waals surface area contributed by atoms with Crippen LogP contribution in [0.5, 0.6) is 0 Å². The Bertz CT molecular complexity index is 1310. The van der Waals surface area contributed by atoms with Crippen molar-refractivity contribution in [1.29, 1.82) is 0 Å². The van der Waals surface area contributed by atoms with Crippen LogP contribution in [0.25, 0.3) is 11.0 Å². The molecule has 1 N–H and O–H groups in total. The normalized spacial score (nSPS) is 16.2. The maximum atomic E-state index is 13.9. The van der Waals surface area contributed by atoms with E-state index in [0.29, 0.717) is 13.1 Å². The van der Waals surface area contributed by atoms with Crippen molar-refractivity contribution in [2.75, 3.05) is 13.2 Å². The summed E-state index contributed by atoms with van der Waals surface area (Å²) in [4.78, 5) is 30.2. The zero-order chi connectivity index (χ0) is 24.9. The first-order valence-corrected chi connectivity index (χ1v) is 13.0. The predicted octanol–water partition coefficient (Wildman–Crippen LogP) is 3.87. The van der Waals surface area contributed by atoms with Gasteiger partial charge in [-0.05, 0) is 48.9 Å². The largest absolute Gasteiger partial charge is 0.376 e. The molecule has 2 aromatic carbocycles. The zero-order valence-electron chi connectivity index (χ0n) is 20.2. The van der Waals surface area contributed by atoms with Gasteiger partial charge in [0, 0.05) is 18.0 Å². The Hall–Kier alpha value is -3.56. The van der Waals surface area contributed by atoms with E-state index in [0.717, 1.165) is 46.5 Å². The Balaban J connectivity index is 1.47. The number of hydrogen-bond acceptors (Lipinski definition) is 6. The van der Waals surface area contributed by atoms with E-state index in [1.165, 1.54) is 0 Å². The lowest BCUT2D eigenvalue weighted by Gasteiger charge is -2.31. The zero-order valence-corrected chi connectivity index (χ0v) is 21.0. The molecule has 1 fully saturated rings. The molecule has 0 aliphatic carbocycles. The molecule has 0 spiro atoms. The van der Waals surface area contributed by atoms with Crippen LogP contribution in [0.3, 0.4) is 0 Å².